The topological polar surface area (TPSA) is 66.8 Å². The summed E-state index contributed by atoms with van der Waals surface area (Å²) in [6.45, 7) is 1.95. The van der Waals surface area contributed by atoms with Gasteiger partial charge in [-0.25, -0.2) is 8.42 Å². The molecule has 4 rings (SSSR count). The van der Waals surface area contributed by atoms with Crippen LogP contribution in [0.5, 0.6) is 0 Å². The zero-order valence-corrected chi connectivity index (χ0v) is 18.3. The monoisotopic (exact) mass is 448 g/mol. The van der Waals surface area contributed by atoms with Crippen LogP contribution >= 0.6 is 23.4 Å². The minimum Gasteiger partial charge on any atom is -0.315 e. The molecular formula is C21H21ClN2O3S2. The molecule has 0 bridgehead atoms. The fourth-order valence-corrected chi connectivity index (χ4v) is 7.84. The van der Waals surface area contributed by atoms with E-state index < -0.39 is 9.84 Å². The number of aliphatic imine (C=N–C) groups is 1. The van der Waals surface area contributed by atoms with Crippen molar-refractivity contribution in [2.75, 3.05) is 16.4 Å². The van der Waals surface area contributed by atoms with Gasteiger partial charge in [-0.15, -0.1) is 0 Å². The SMILES string of the molecule is Cc1ccc(Cl)cc1N1C(=NC(=O)CCc2ccccc2)SC2CS(=O)(=O)CC21. The summed E-state index contributed by atoms with van der Waals surface area (Å²) in [5, 5.41) is 1.01. The van der Waals surface area contributed by atoms with Gasteiger partial charge < -0.3 is 4.90 Å². The van der Waals surface area contributed by atoms with Gasteiger partial charge in [-0.2, -0.15) is 4.99 Å². The summed E-state index contributed by atoms with van der Waals surface area (Å²) < 4.78 is 24.4. The first kappa shape index (κ1) is 20.4. The van der Waals surface area contributed by atoms with Crippen LogP contribution in [0.25, 0.3) is 0 Å². The molecule has 0 aliphatic carbocycles. The Kier molecular flexibility index (Phi) is 5.73. The smallest absolute Gasteiger partial charge is 0.248 e. The van der Waals surface area contributed by atoms with Gasteiger partial charge in [0.1, 0.15) is 0 Å². The normalized spacial score (nSPS) is 24.1. The van der Waals surface area contributed by atoms with Gasteiger partial charge in [0.15, 0.2) is 15.0 Å². The van der Waals surface area contributed by atoms with E-state index in [-0.39, 0.29) is 28.7 Å². The average Bonchev–Trinajstić information content (AvgIpc) is 3.14. The van der Waals surface area contributed by atoms with E-state index in [1.165, 1.54) is 11.8 Å². The van der Waals surface area contributed by atoms with Crippen LogP contribution in [-0.2, 0) is 21.1 Å². The van der Waals surface area contributed by atoms with Crippen LogP contribution in [0, 0.1) is 6.92 Å². The second kappa shape index (κ2) is 8.13. The summed E-state index contributed by atoms with van der Waals surface area (Å²) in [5.74, 6) is -0.0346. The molecule has 5 nitrogen and oxygen atoms in total. The minimum absolute atomic E-state index is 0.0633. The Labute approximate surface area is 180 Å². The number of thioether (sulfide) groups is 1. The summed E-state index contributed by atoms with van der Waals surface area (Å²) in [7, 11) is -3.10. The summed E-state index contributed by atoms with van der Waals surface area (Å²) >= 11 is 7.59. The van der Waals surface area contributed by atoms with Gasteiger partial charge >= 0.3 is 0 Å². The van der Waals surface area contributed by atoms with Crippen LogP contribution in [0.2, 0.25) is 5.02 Å². The van der Waals surface area contributed by atoms with Gasteiger partial charge in [0, 0.05) is 22.4 Å². The van der Waals surface area contributed by atoms with Crippen molar-refractivity contribution < 1.29 is 13.2 Å². The predicted molar refractivity (Wildman–Crippen MR) is 120 cm³/mol. The van der Waals surface area contributed by atoms with E-state index in [1.807, 2.05) is 54.3 Å². The largest absolute Gasteiger partial charge is 0.315 e. The molecule has 2 aromatic carbocycles. The Morgan fingerprint density at radius 2 is 1.97 bits per heavy atom. The Bertz CT molecular complexity index is 1070. The van der Waals surface area contributed by atoms with Crippen molar-refractivity contribution >= 4 is 50.0 Å². The van der Waals surface area contributed by atoms with Crippen LogP contribution in [0.15, 0.2) is 53.5 Å². The maximum Gasteiger partial charge on any atom is 0.248 e. The Balaban J connectivity index is 1.61. The fraction of sp³-hybridized carbons (Fsp3) is 0.333. The third-order valence-corrected chi connectivity index (χ3v) is 8.63. The van der Waals surface area contributed by atoms with E-state index in [2.05, 4.69) is 4.99 Å². The number of hydrogen-bond acceptors (Lipinski definition) is 4. The first-order chi connectivity index (χ1) is 13.8. The zero-order valence-electron chi connectivity index (χ0n) is 15.9. The number of benzene rings is 2. The number of aryl methyl sites for hydroxylation is 2. The summed E-state index contributed by atoms with van der Waals surface area (Å²) in [5.41, 5.74) is 2.86. The van der Waals surface area contributed by atoms with E-state index in [0.29, 0.717) is 23.0 Å². The minimum atomic E-state index is -3.10. The molecule has 2 heterocycles. The van der Waals surface area contributed by atoms with Crippen molar-refractivity contribution in [1.29, 1.82) is 0 Å². The van der Waals surface area contributed by atoms with Crippen LogP contribution in [0.1, 0.15) is 17.5 Å². The molecule has 1 amide bonds. The number of carbonyl (C=O) groups is 1. The molecule has 2 aromatic rings. The quantitative estimate of drug-likeness (QED) is 0.710. The van der Waals surface area contributed by atoms with Gasteiger partial charge in [-0.05, 0) is 36.6 Å². The van der Waals surface area contributed by atoms with E-state index in [1.54, 1.807) is 6.07 Å². The zero-order chi connectivity index (χ0) is 20.6. The number of anilines is 1. The standard InChI is InChI=1S/C21H21ClN2O3S2/c1-14-7-9-16(22)11-17(14)24-18-12-29(26,27)13-19(18)28-21(24)23-20(25)10-8-15-5-3-2-4-6-15/h2-7,9,11,18-19H,8,10,12-13H2,1H3. The number of sulfone groups is 1. The van der Waals surface area contributed by atoms with Gasteiger partial charge in [-0.1, -0.05) is 59.8 Å². The van der Waals surface area contributed by atoms with Gasteiger partial charge in [0.25, 0.3) is 0 Å². The number of nitrogens with zero attached hydrogens (tertiary/aromatic N) is 2. The van der Waals surface area contributed by atoms with Gasteiger partial charge in [-0.3, -0.25) is 4.79 Å². The van der Waals surface area contributed by atoms with E-state index >= 15 is 0 Å². The number of rotatable bonds is 4. The number of carbonyl (C=O) groups excluding carboxylic acids is 1. The molecule has 8 heteroatoms. The molecule has 2 aliphatic heterocycles. The van der Waals surface area contributed by atoms with Crippen LogP contribution in [-0.4, -0.2) is 42.3 Å². The highest BCUT2D eigenvalue weighted by atomic mass is 35.5. The number of halogens is 1. The second-order valence-corrected chi connectivity index (χ2v) is 11.2. The molecule has 0 saturated carbocycles. The number of fused-ring (bicyclic) bond motifs is 1. The maximum atomic E-state index is 12.6. The molecule has 0 aromatic heterocycles. The number of amidine groups is 1. The van der Waals surface area contributed by atoms with Crippen LogP contribution in [0.4, 0.5) is 5.69 Å². The van der Waals surface area contributed by atoms with Crippen molar-refractivity contribution in [1.82, 2.24) is 0 Å². The van der Waals surface area contributed by atoms with E-state index in [4.69, 9.17) is 11.6 Å². The molecule has 29 heavy (non-hydrogen) atoms. The first-order valence-electron chi connectivity index (χ1n) is 9.40. The highest BCUT2D eigenvalue weighted by Crippen LogP contribution is 2.42. The summed E-state index contributed by atoms with van der Waals surface area (Å²) in [4.78, 5) is 18.9. The lowest BCUT2D eigenvalue weighted by Crippen LogP contribution is -2.38. The maximum absolute atomic E-state index is 12.6. The number of amides is 1. The molecule has 0 spiro atoms. The Hall–Kier alpha value is -1.83. The fourth-order valence-electron chi connectivity index (χ4n) is 3.75. The lowest BCUT2D eigenvalue weighted by atomic mass is 10.1. The second-order valence-electron chi connectivity index (χ2n) is 7.38. The lowest BCUT2D eigenvalue weighted by molar-refractivity contribution is -0.117. The Morgan fingerprint density at radius 3 is 2.72 bits per heavy atom. The number of hydrogen-bond donors (Lipinski definition) is 0. The molecule has 2 aliphatic rings. The molecule has 2 fully saturated rings. The lowest BCUT2D eigenvalue weighted by Gasteiger charge is -2.26. The molecular weight excluding hydrogens is 428 g/mol. The molecule has 0 N–H and O–H groups in total. The van der Waals surface area contributed by atoms with E-state index in [9.17, 15) is 13.2 Å². The van der Waals surface area contributed by atoms with Crippen molar-refractivity contribution in [2.45, 2.75) is 31.1 Å². The van der Waals surface area contributed by atoms with Crippen LogP contribution < -0.4 is 4.90 Å². The molecule has 152 valence electrons. The van der Waals surface area contributed by atoms with Crippen molar-refractivity contribution in [2.24, 2.45) is 4.99 Å². The van der Waals surface area contributed by atoms with Gasteiger partial charge in [0.05, 0.1) is 17.5 Å². The highest BCUT2D eigenvalue weighted by molar-refractivity contribution is 8.16. The Morgan fingerprint density at radius 1 is 1.21 bits per heavy atom. The van der Waals surface area contributed by atoms with Crippen molar-refractivity contribution in [3.63, 3.8) is 0 Å². The highest BCUT2D eigenvalue weighted by Gasteiger charge is 2.49. The first-order valence-corrected chi connectivity index (χ1v) is 12.5. The van der Waals surface area contributed by atoms with Crippen LogP contribution in [0.3, 0.4) is 0 Å². The predicted octanol–water partition coefficient (Wildman–Crippen LogP) is 3.88. The van der Waals surface area contributed by atoms with Gasteiger partial charge in [0.2, 0.25) is 5.91 Å². The van der Waals surface area contributed by atoms with Crippen molar-refractivity contribution in [3.05, 3.63) is 64.7 Å². The third kappa shape index (κ3) is 4.52. The molecule has 2 saturated heterocycles. The molecule has 0 radical (unpaired) electrons. The molecule has 2 atom stereocenters. The van der Waals surface area contributed by atoms with E-state index in [0.717, 1.165) is 16.8 Å². The average molecular weight is 449 g/mol. The molecule has 2 unspecified atom stereocenters. The summed E-state index contributed by atoms with van der Waals surface area (Å²) in [6.07, 6.45) is 0.933. The summed E-state index contributed by atoms with van der Waals surface area (Å²) in [6, 6.07) is 15.1. The van der Waals surface area contributed by atoms with Crippen molar-refractivity contribution in [3.8, 4) is 0 Å². The third-order valence-electron chi connectivity index (χ3n) is 5.19.